The Labute approximate surface area is 123 Å². The van der Waals surface area contributed by atoms with Gasteiger partial charge in [-0.3, -0.25) is 0 Å². The average molecular weight is 310 g/mol. The first-order valence-corrected chi connectivity index (χ1v) is 8.84. The minimum atomic E-state index is -3.12. The lowest BCUT2D eigenvalue weighted by Gasteiger charge is -2.34. The van der Waals surface area contributed by atoms with E-state index in [1.807, 2.05) is 6.07 Å². The Bertz CT molecular complexity index is 756. The largest absolute Gasteiger partial charge is 0.377 e. The Hall–Kier alpha value is -1.67. The minimum Gasteiger partial charge on any atom is -0.377 e. The van der Waals surface area contributed by atoms with Crippen LogP contribution in [0.4, 0.5) is 5.82 Å². The van der Waals surface area contributed by atoms with Gasteiger partial charge in [-0.25, -0.2) is 17.9 Å². The molecule has 2 aromatic heterocycles. The number of anilines is 1. The molecule has 3 heterocycles. The number of imidazole rings is 1. The van der Waals surface area contributed by atoms with E-state index in [1.165, 1.54) is 6.26 Å². The van der Waals surface area contributed by atoms with Gasteiger partial charge in [0, 0.05) is 12.8 Å². The average Bonchev–Trinajstić information content (AvgIpc) is 2.86. The summed E-state index contributed by atoms with van der Waals surface area (Å²) in [7, 11) is -3.12. The third kappa shape index (κ3) is 3.01. The van der Waals surface area contributed by atoms with Crippen LogP contribution in [-0.4, -0.2) is 55.1 Å². The van der Waals surface area contributed by atoms with Crippen LogP contribution in [0, 0.1) is 0 Å². The Kier molecular flexibility index (Phi) is 3.58. The van der Waals surface area contributed by atoms with Crippen LogP contribution in [0.2, 0.25) is 0 Å². The summed E-state index contributed by atoms with van der Waals surface area (Å²) < 4.78 is 30.3. The van der Waals surface area contributed by atoms with Crippen molar-refractivity contribution < 1.29 is 13.2 Å². The van der Waals surface area contributed by atoms with Crippen LogP contribution in [0.3, 0.4) is 0 Å². The second-order valence-corrected chi connectivity index (χ2v) is 7.58. The molecule has 114 valence electrons. The van der Waals surface area contributed by atoms with Gasteiger partial charge in [-0.05, 0) is 18.6 Å². The maximum atomic E-state index is 11.6. The highest BCUT2D eigenvalue weighted by atomic mass is 32.2. The SMILES string of the molecule is C[C@@H]1COCCN1c1cc(CS(C)(=O)=O)c2cncn2n1. The third-order valence-electron chi connectivity index (χ3n) is 3.54. The molecule has 0 saturated carbocycles. The molecule has 1 saturated heterocycles. The zero-order valence-corrected chi connectivity index (χ0v) is 12.9. The van der Waals surface area contributed by atoms with Gasteiger partial charge in [0.2, 0.25) is 0 Å². The van der Waals surface area contributed by atoms with Gasteiger partial charge >= 0.3 is 0 Å². The van der Waals surface area contributed by atoms with Crippen LogP contribution in [0.25, 0.3) is 5.52 Å². The first-order chi connectivity index (χ1) is 9.94. The molecule has 21 heavy (non-hydrogen) atoms. The van der Waals surface area contributed by atoms with E-state index in [0.29, 0.717) is 13.2 Å². The van der Waals surface area contributed by atoms with Gasteiger partial charge in [-0.2, -0.15) is 0 Å². The van der Waals surface area contributed by atoms with E-state index < -0.39 is 9.84 Å². The van der Waals surface area contributed by atoms with E-state index in [4.69, 9.17) is 4.74 Å². The number of hydrogen-bond donors (Lipinski definition) is 0. The highest BCUT2D eigenvalue weighted by Gasteiger charge is 2.22. The maximum Gasteiger partial charge on any atom is 0.151 e. The molecule has 0 amide bonds. The van der Waals surface area contributed by atoms with Crippen LogP contribution in [0.5, 0.6) is 0 Å². The summed E-state index contributed by atoms with van der Waals surface area (Å²) >= 11 is 0. The summed E-state index contributed by atoms with van der Waals surface area (Å²) in [5.74, 6) is 0.742. The predicted molar refractivity (Wildman–Crippen MR) is 79.2 cm³/mol. The Balaban J connectivity index is 2.07. The number of morpholine rings is 1. The van der Waals surface area contributed by atoms with Crippen LogP contribution < -0.4 is 4.90 Å². The smallest absolute Gasteiger partial charge is 0.151 e. The van der Waals surface area contributed by atoms with Gasteiger partial charge in [-0.1, -0.05) is 0 Å². The Morgan fingerprint density at radius 2 is 2.29 bits per heavy atom. The Morgan fingerprint density at radius 3 is 3.00 bits per heavy atom. The fourth-order valence-electron chi connectivity index (χ4n) is 2.57. The molecule has 0 unspecified atom stereocenters. The predicted octanol–water partition coefficient (Wildman–Crippen LogP) is 0.499. The highest BCUT2D eigenvalue weighted by Crippen LogP contribution is 2.22. The van der Waals surface area contributed by atoms with Gasteiger partial charge in [0.15, 0.2) is 9.84 Å². The molecule has 3 rings (SSSR count). The molecule has 1 fully saturated rings. The molecular formula is C13H18N4O3S. The fraction of sp³-hybridized carbons (Fsp3) is 0.538. The van der Waals surface area contributed by atoms with Crippen LogP contribution in [-0.2, 0) is 20.3 Å². The van der Waals surface area contributed by atoms with E-state index in [2.05, 4.69) is 21.9 Å². The summed E-state index contributed by atoms with van der Waals surface area (Å²) in [4.78, 5) is 6.19. The standard InChI is InChI=1S/C13H18N4O3S/c1-10-7-20-4-3-16(10)13-5-11(8-21(2,18)19)12-6-14-9-17(12)15-13/h5-6,9-10H,3-4,7-8H2,1-2H3/t10-/m1/s1. The van der Waals surface area contributed by atoms with E-state index in [9.17, 15) is 8.42 Å². The van der Waals surface area contributed by atoms with Crippen LogP contribution in [0.15, 0.2) is 18.6 Å². The van der Waals surface area contributed by atoms with Gasteiger partial charge in [0.25, 0.3) is 0 Å². The minimum absolute atomic E-state index is 0.0174. The quantitative estimate of drug-likeness (QED) is 0.821. The lowest BCUT2D eigenvalue weighted by atomic mass is 10.2. The molecule has 1 aliphatic rings. The highest BCUT2D eigenvalue weighted by molar-refractivity contribution is 7.89. The van der Waals surface area contributed by atoms with Gasteiger partial charge in [0.05, 0.1) is 36.7 Å². The van der Waals surface area contributed by atoms with Gasteiger partial charge in [-0.15, -0.1) is 5.10 Å². The number of fused-ring (bicyclic) bond motifs is 1. The van der Waals surface area contributed by atoms with Crippen molar-refractivity contribution >= 4 is 21.2 Å². The second kappa shape index (κ2) is 5.27. The van der Waals surface area contributed by atoms with E-state index in [-0.39, 0.29) is 11.8 Å². The monoisotopic (exact) mass is 310 g/mol. The van der Waals surface area contributed by atoms with Crippen molar-refractivity contribution in [3.05, 3.63) is 24.2 Å². The number of hydrogen-bond acceptors (Lipinski definition) is 6. The van der Waals surface area contributed by atoms with E-state index >= 15 is 0 Å². The summed E-state index contributed by atoms with van der Waals surface area (Å²) in [6.07, 6.45) is 4.47. The van der Waals surface area contributed by atoms with E-state index in [0.717, 1.165) is 23.4 Å². The normalized spacial score (nSPS) is 20.1. The van der Waals surface area contributed by atoms with Crippen molar-refractivity contribution in [1.82, 2.24) is 14.6 Å². The number of rotatable bonds is 3. The first kappa shape index (κ1) is 14.3. The van der Waals surface area contributed by atoms with Crippen molar-refractivity contribution in [1.29, 1.82) is 0 Å². The molecule has 7 nitrogen and oxygen atoms in total. The summed E-state index contributed by atoms with van der Waals surface area (Å²) in [6, 6.07) is 2.05. The van der Waals surface area contributed by atoms with Gasteiger partial charge < -0.3 is 9.64 Å². The van der Waals surface area contributed by atoms with Crippen molar-refractivity contribution in [2.75, 3.05) is 30.9 Å². The molecule has 0 aromatic carbocycles. The third-order valence-corrected chi connectivity index (χ3v) is 4.38. The molecule has 0 aliphatic carbocycles. The zero-order chi connectivity index (χ0) is 15.0. The summed E-state index contributed by atoms with van der Waals surface area (Å²) in [5.41, 5.74) is 1.45. The topological polar surface area (TPSA) is 76.8 Å². The van der Waals surface area contributed by atoms with Crippen molar-refractivity contribution in [2.45, 2.75) is 18.7 Å². The molecular weight excluding hydrogens is 292 g/mol. The molecule has 0 spiro atoms. The maximum absolute atomic E-state index is 11.6. The van der Waals surface area contributed by atoms with Crippen molar-refractivity contribution in [3.63, 3.8) is 0 Å². The number of aromatic nitrogens is 3. The van der Waals surface area contributed by atoms with Crippen LogP contribution >= 0.6 is 0 Å². The number of ether oxygens (including phenoxy) is 1. The van der Waals surface area contributed by atoms with Crippen molar-refractivity contribution in [2.24, 2.45) is 0 Å². The Morgan fingerprint density at radius 1 is 1.48 bits per heavy atom. The molecule has 1 aliphatic heterocycles. The molecule has 2 aromatic rings. The zero-order valence-electron chi connectivity index (χ0n) is 12.1. The summed E-state index contributed by atoms with van der Waals surface area (Å²) in [6.45, 7) is 4.10. The lowest BCUT2D eigenvalue weighted by Crippen LogP contribution is -2.44. The molecule has 0 N–H and O–H groups in total. The first-order valence-electron chi connectivity index (χ1n) is 6.78. The molecule has 8 heteroatoms. The fourth-order valence-corrected chi connectivity index (χ4v) is 3.37. The van der Waals surface area contributed by atoms with Crippen LogP contribution in [0.1, 0.15) is 12.5 Å². The summed E-state index contributed by atoms with van der Waals surface area (Å²) in [5, 5.41) is 4.53. The number of sulfone groups is 1. The van der Waals surface area contributed by atoms with E-state index in [1.54, 1.807) is 17.0 Å². The molecule has 1 atom stereocenters. The lowest BCUT2D eigenvalue weighted by molar-refractivity contribution is 0.0984. The second-order valence-electron chi connectivity index (χ2n) is 5.44. The van der Waals surface area contributed by atoms with Gasteiger partial charge in [0.1, 0.15) is 12.1 Å². The van der Waals surface area contributed by atoms with Crippen molar-refractivity contribution in [3.8, 4) is 0 Å². The number of nitrogens with zero attached hydrogens (tertiary/aromatic N) is 4. The molecule has 0 radical (unpaired) electrons. The molecule has 0 bridgehead atoms.